The zero-order valence-electron chi connectivity index (χ0n) is 35.5. The first-order valence-corrected chi connectivity index (χ1v) is 23.1. The summed E-state index contributed by atoms with van der Waals surface area (Å²) in [5.41, 5.74) is 2.07. The minimum absolute atomic E-state index is 0.00253. The van der Waals surface area contributed by atoms with E-state index in [1.807, 2.05) is 0 Å². The molecule has 11 bridgehead atoms. The third-order valence-corrected chi connectivity index (χ3v) is 15.8. The van der Waals surface area contributed by atoms with Gasteiger partial charge < -0.3 is 58.5 Å². The molecule has 19 atom stereocenters. The molecule has 0 aromatic carbocycles. The Bertz CT molecular complexity index is 1590. The predicted octanol–water partition coefficient (Wildman–Crippen LogP) is 3.60. The van der Waals surface area contributed by atoms with Gasteiger partial charge in [-0.05, 0) is 87.7 Å². The van der Waals surface area contributed by atoms with Gasteiger partial charge in [-0.2, -0.15) is 0 Å². The van der Waals surface area contributed by atoms with E-state index >= 15 is 0 Å². The Hall–Kier alpha value is -1.82. The predicted molar refractivity (Wildman–Crippen MR) is 215 cm³/mol. The quantitative estimate of drug-likeness (QED) is 0.261. The van der Waals surface area contributed by atoms with Gasteiger partial charge >= 0.3 is 0 Å². The number of methoxy groups -OCH3 is 2. The number of Topliss-reactive ketones (excluding diaryl/α,β-unsaturated/α-hetero) is 1. The van der Waals surface area contributed by atoms with E-state index < -0.39 is 54.4 Å². The highest BCUT2D eigenvalue weighted by Gasteiger charge is 2.62. The van der Waals surface area contributed by atoms with Gasteiger partial charge in [0.15, 0.2) is 5.79 Å². The molecule has 336 valence electrons. The summed E-state index contributed by atoms with van der Waals surface area (Å²) in [5.74, 6) is -2.22. The van der Waals surface area contributed by atoms with E-state index in [1.54, 1.807) is 14.2 Å². The third kappa shape index (κ3) is 9.09. The molecule has 10 aliphatic rings. The third-order valence-electron chi connectivity index (χ3n) is 15.8. The Morgan fingerprint density at radius 3 is 2.38 bits per heavy atom. The van der Waals surface area contributed by atoms with E-state index in [0.29, 0.717) is 44.9 Å². The van der Waals surface area contributed by atoms with Crippen molar-refractivity contribution in [2.24, 2.45) is 23.7 Å². The molecular weight excluding hydrogens is 775 g/mol. The molecule has 14 nitrogen and oxygen atoms in total. The molecule has 0 spiro atoms. The summed E-state index contributed by atoms with van der Waals surface area (Å²) >= 11 is 0. The first-order valence-electron chi connectivity index (χ1n) is 23.1. The lowest BCUT2D eigenvalue weighted by Crippen LogP contribution is -2.70. The molecule has 0 aromatic heterocycles. The zero-order valence-corrected chi connectivity index (χ0v) is 35.5. The second-order valence-electron chi connectivity index (χ2n) is 19.9. The van der Waals surface area contributed by atoms with Gasteiger partial charge in [-0.3, -0.25) is 9.59 Å². The Balaban J connectivity index is 0.948. The van der Waals surface area contributed by atoms with Gasteiger partial charge in [-0.25, -0.2) is 0 Å². The van der Waals surface area contributed by atoms with E-state index in [2.05, 4.69) is 18.5 Å². The number of hydrogen-bond acceptors (Lipinski definition) is 13. The van der Waals surface area contributed by atoms with Crippen LogP contribution < -0.4 is 5.32 Å². The number of fused-ring (bicyclic) bond motifs is 7. The number of nitrogens with one attached hydrogen (secondary N) is 1. The number of carbonyl (C=O) groups excluding carboxylic acids is 2. The highest BCUT2D eigenvalue weighted by molar-refractivity contribution is 5.81. The molecule has 8 saturated heterocycles. The summed E-state index contributed by atoms with van der Waals surface area (Å²) in [6.45, 7) is 9.01. The lowest BCUT2D eigenvalue weighted by molar-refractivity contribution is -0.369. The first kappa shape index (κ1) is 43.4. The summed E-state index contributed by atoms with van der Waals surface area (Å²) in [6, 6.07) is 0. The normalized spacial score (nSPS) is 46.9. The van der Waals surface area contributed by atoms with Crippen LogP contribution >= 0.6 is 0 Å². The van der Waals surface area contributed by atoms with Crippen molar-refractivity contribution in [2.45, 2.75) is 207 Å². The highest BCUT2D eigenvalue weighted by Crippen LogP contribution is 2.54. The van der Waals surface area contributed by atoms with Crippen molar-refractivity contribution in [3.05, 3.63) is 24.3 Å². The molecule has 0 aromatic rings. The first-order chi connectivity index (χ1) is 28.9. The van der Waals surface area contributed by atoms with E-state index in [1.165, 1.54) is 0 Å². The fraction of sp³-hybridized carbons (Fsp3) is 0.870. The number of carbonyl (C=O) groups is 2. The maximum atomic E-state index is 14.3. The highest BCUT2D eigenvalue weighted by atomic mass is 16.7. The van der Waals surface area contributed by atoms with Crippen LogP contribution in [0.4, 0.5) is 0 Å². The van der Waals surface area contributed by atoms with Crippen LogP contribution in [0.2, 0.25) is 0 Å². The molecule has 2 saturated carbocycles. The van der Waals surface area contributed by atoms with Crippen molar-refractivity contribution >= 4 is 11.7 Å². The van der Waals surface area contributed by atoms with Gasteiger partial charge in [0.25, 0.3) is 0 Å². The number of ketones is 1. The Morgan fingerprint density at radius 1 is 0.817 bits per heavy atom. The minimum Gasteiger partial charge on any atom is -0.393 e. The van der Waals surface area contributed by atoms with E-state index in [4.69, 9.17) is 37.9 Å². The van der Waals surface area contributed by atoms with Crippen molar-refractivity contribution < 1.29 is 62.8 Å². The van der Waals surface area contributed by atoms with Crippen LogP contribution in [-0.2, 0) is 47.5 Å². The summed E-state index contributed by atoms with van der Waals surface area (Å²) in [5, 5.41) is 36.7. The van der Waals surface area contributed by atoms with Gasteiger partial charge in [0.1, 0.15) is 18.0 Å². The molecule has 10 fully saturated rings. The van der Waals surface area contributed by atoms with Crippen molar-refractivity contribution in [1.82, 2.24) is 5.32 Å². The molecule has 19 unspecified atom stereocenters. The lowest BCUT2D eigenvalue weighted by atomic mass is 9.61. The van der Waals surface area contributed by atoms with Crippen LogP contribution in [0.1, 0.15) is 109 Å². The second-order valence-corrected chi connectivity index (χ2v) is 19.9. The Kier molecular flexibility index (Phi) is 13.0. The molecule has 8 aliphatic heterocycles. The largest absolute Gasteiger partial charge is 0.393 e. The van der Waals surface area contributed by atoms with Crippen molar-refractivity contribution in [3.63, 3.8) is 0 Å². The van der Waals surface area contributed by atoms with Crippen molar-refractivity contribution in [2.75, 3.05) is 20.8 Å². The Labute approximate surface area is 354 Å². The molecule has 1 amide bonds. The van der Waals surface area contributed by atoms with Gasteiger partial charge in [0.05, 0.1) is 79.4 Å². The smallest absolute Gasteiger partial charge is 0.249 e. The van der Waals surface area contributed by atoms with Crippen molar-refractivity contribution in [1.29, 1.82) is 0 Å². The monoisotopic (exact) mass is 843 g/mol. The molecule has 10 rings (SSSR count). The molecule has 0 radical (unpaired) electrons. The summed E-state index contributed by atoms with van der Waals surface area (Å²) in [4.78, 5) is 26.9. The SMILES string of the molecule is C=C1CC2CCC3(O)CC(O)C4CC5C4OC4CCC(CC(=O)CC6C(CC7OC(CCC7=C)CCC1O2)OC(CC(CNC(=O)C(O)C1CC1)OC)C6OC)OC4C5O3. The summed E-state index contributed by atoms with van der Waals surface area (Å²) < 4.78 is 52.4. The second kappa shape index (κ2) is 18.0. The summed E-state index contributed by atoms with van der Waals surface area (Å²) in [7, 11) is 3.25. The average molecular weight is 844 g/mol. The fourth-order valence-corrected chi connectivity index (χ4v) is 12.1. The summed E-state index contributed by atoms with van der Waals surface area (Å²) in [6.07, 6.45) is 4.68. The standard InChI is InChI=1S/C46H69NO13/c1-23-5-8-27-9-11-35-24(2)15-29(56-35)13-14-46(52)21-34(49)31-19-33-41(31)59-36-12-10-28(57-44(36)43(33)60-46)16-26(48)17-32-38(20-37(23)55-27)58-39(42(32)54-4)18-30(53-3)22-47-45(51)40(50)25-6-7-25/h25,27-44,49-50,52H,1-2,5-22H2,3-4H3,(H,47,51). The lowest BCUT2D eigenvalue weighted by Gasteiger charge is -2.61. The van der Waals surface area contributed by atoms with Crippen LogP contribution in [0.3, 0.4) is 0 Å². The Morgan fingerprint density at radius 2 is 1.60 bits per heavy atom. The maximum Gasteiger partial charge on any atom is 0.249 e. The molecule has 60 heavy (non-hydrogen) atoms. The maximum absolute atomic E-state index is 14.3. The molecule has 14 heteroatoms. The number of aliphatic hydroxyl groups excluding tert-OH is 2. The fourth-order valence-electron chi connectivity index (χ4n) is 12.1. The molecule has 8 heterocycles. The topological polar surface area (TPSA) is 181 Å². The van der Waals surface area contributed by atoms with Crippen LogP contribution in [0.15, 0.2) is 24.3 Å². The van der Waals surface area contributed by atoms with Gasteiger partial charge in [0.2, 0.25) is 5.91 Å². The number of ether oxygens (including phenoxy) is 8. The van der Waals surface area contributed by atoms with Crippen LogP contribution in [0.5, 0.6) is 0 Å². The zero-order chi connectivity index (χ0) is 41.9. The molecular formula is C46H69NO13. The molecule has 2 aliphatic carbocycles. The van der Waals surface area contributed by atoms with Gasteiger partial charge in [0, 0.05) is 77.0 Å². The minimum atomic E-state index is -1.55. The number of amides is 1. The number of hydrogen-bond donors (Lipinski definition) is 4. The number of rotatable bonds is 8. The van der Waals surface area contributed by atoms with E-state index in [9.17, 15) is 24.9 Å². The molecule has 4 N–H and O–H groups in total. The van der Waals surface area contributed by atoms with Crippen LogP contribution in [0, 0.1) is 23.7 Å². The van der Waals surface area contributed by atoms with E-state index in [0.717, 1.165) is 56.1 Å². The van der Waals surface area contributed by atoms with Crippen LogP contribution in [0.25, 0.3) is 0 Å². The van der Waals surface area contributed by atoms with E-state index in [-0.39, 0.29) is 104 Å². The average Bonchev–Trinajstić information content (AvgIpc) is 3.93. The van der Waals surface area contributed by atoms with Gasteiger partial charge in [-0.15, -0.1) is 0 Å². The van der Waals surface area contributed by atoms with Gasteiger partial charge in [-0.1, -0.05) is 13.2 Å². The van der Waals surface area contributed by atoms with Crippen LogP contribution in [-0.4, -0.2) is 145 Å². The number of aliphatic hydroxyl groups is 3. The van der Waals surface area contributed by atoms with Crippen molar-refractivity contribution in [3.8, 4) is 0 Å².